The van der Waals surface area contributed by atoms with Gasteiger partial charge in [0, 0.05) is 12.7 Å². The number of rotatable bonds is 9. The molecule has 0 aliphatic carbocycles. The van der Waals surface area contributed by atoms with Crippen LogP contribution in [0.25, 0.3) is 16.7 Å². The van der Waals surface area contributed by atoms with Crippen LogP contribution in [0.3, 0.4) is 0 Å². The molecule has 1 atom stereocenters. The summed E-state index contributed by atoms with van der Waals surface area (Å²) in [6.45, 7) is 4.42. The number of pyridine rings is 1. The number of amides is 1. The molecule has 1 aliphatic heterocycles. The molecule has 1 saturated heterocycles. The van der Waals surface area contributed by atoms with E-state index in [0.717, 1.165) is 30.4 Å². The summed E-state index contributed by atoms with van der Waals surface area (Å²) in [6.07, 6.45) is -2.01. The highest BCUT2D eigenvalue weighted by molar-refractivity contribution is 7.99. The Bertz CT molecular complexity index is 1690. The van der Waals surface area contributed by atoms with Crippen molar-refractivity contribution in [1.29, 1.82) is 0 Å². The van der Waals surface area contributed by atoms with Crippen molar-refractivity contribution in [3.63, 3.8) is 0 Å². The van der Waals surface area contributed by atoms with Crippen LogP contribution in [0.15, 0.2) is 65.6 Å². The maximum atomic E-state index is 14.0. The van der Waals surface area contributed by atoms with E-state index in [2.05, 4.69) is 4.98 Å². The molecule has 5 rings (SSSR count). The fourth-order valence-electron chi connectivity index (χ4n) is 5.42. The number of hydrogen-bond acceptors (Lipinski definition) is 6. The highest BCUT2D eigenvalue weighted by Crippen LogP contribution is 2.33. The summed E-state index contributed by atoms with van der Waals surface area (Å²) in [5.41, 5.74) is -1.02. The summed E-state index contributed by atoms with van der Waals surface area (Å²) in [4.78, 5) is 38.5. The average Bonchev–Trinajstić information content (AvgIpc) is 3.01. The van der Waals surface area contributed by atoms with Gasteiger partial charge in [-0.25, -0.2) is 14.4 Å². The molecule has 0 radical (unpaired) electrons. The van der Waals surface area contributed by atoms with Gasteiger partial charge in [-0.15, -0.1) is 0 Å². The lowest BCUT2D eigenvalue weighted by Crippen LogP contribution is -2.41. The molecule has 44 heavy (non-hydrogen) atoms. The molecule has 7 nitrogen and oxygen atoms in total. The number of carbonyl (C=O) groups is 1. The van der Waals surface area contributed by atoms with Crippen molar-refractivity contribution in [2.75, 3.05) is 24.7 Å². The minimum atomic E-state index is -4.90. The lowest BCUT2D eigenvalue weighted by molar-refractivity contribution is -0.140. The van der Waals surface area contributed by atoms with E-state index in [1.54, 1.807) is 48.2 Å². The van der Waals surface area contributed by atoms with Gasteiger partial charge in [0.25, 0.3) is 5.56 Å². The first-order chi connectivity index (χ1) is 21.1. The normalized spacial score (nSPS) is 14.9. The van der Waals surface area contributed by atoms with Crippen LogP contribution in [-0.4, -0.2) is 50.0 Å². The molecule has 232 valence electrons. The zero-order chi connectivity index (χ0) is 31.4. The highest BCUT2D eigenvalue weighted by Gasteiger charge is 2.35. The first kappa shape index (κ1) is 31.5. The summed E-state index contributed by atoms with van der Waals surface area (Å²) in [6, 6.07) is 12.1. The van der Waals surface area contributed by atoms with Crippen LogP contribution < -0.4 is 10.3 Å². The Kier molecular flexibility index (Phi) is 9.57. The van der Waals surface area contributed by atoms with Crippen molar-refractivity contribution in [1.82, 2.24) is 19.4 Å². The molecular formula is C32H32F4N4O3S. The van der Waals surface area contributed by atoms with Crippen LogP contribution in [0.1, 0.15) is 49.7 Å². The predicted molar refractivity (Wildman–Crippen MR) is 162 cm³/mol. The molecule has 2 aromatic carbocycles. The van der Waals surface area contributed by atoms with Gasteiger partial charge >= 0.3 is 6.18 Å². The van der Waals surface area contributed by atoms with Crippen molar-refractivity contribution in [3.05, 3.63) is 93.9 Å². The Balaban J connectivity index is 1.58. The largest absolute Gasteiger partial charge is 0.494 e. The number of benzene rings is 2. The molecule has 0 spiro atoms. The SMILES string of the molecule is CCOc1ccc(-n2c([C@@H](C)N(CC3CCSCC3)C(=O)Cc3ccc(F)c(C(F)(F)F)c3)nc3ncccc3c2=O)cc1. The summed E-state index contributed by atoms with van der Waals surface area (Å²) < 4.78 is 61.3. The second kappa shape index (κ2) is 13.4. The van der Waals surface area contributed by atoms with Crippen LogP contribution in [0, 0.1) is 11.7 Å². The molecule has 0 N–H and O–H groups in total. The molecule has 0 unspecified atom stereocenters. The standard InChI is InChI=1S/C32H32F4N4O3S/c1-3-43-24-9-7-23(8-10-24)40-30(38-29-25(31(40)42)5-4-14-37-29)20(2)39(19-21-12-15-44-16-13-21)28(41)18-22-6-11-27(33)26(17-22)32(34,35)36/h4-11,14,17,20-21H,3,12-13,15-16,18-19H2,1-2H3/t20-/m1/s1. The Labute approximate surface area is 256 Å². The van der Waals surface area contributed by atoms with Crippen LogP contribution in [0.5, 0.6) is 5.75 Å². The van der Waals surface area contributed by atoms with Crippen molar-refractivity contribution < 1.29 is 27.1 Å². The minimum Gasteiger partial charge on any atom is -0.494 e. The molecule has 1 amide bonds. The molecule has 12 heteroatoms. The van der Waals surface area contributed by atoms with E-state index in [4.69, 9.17) is 9.72 Å². The van der Waals surface area contributed by atoms with E-state index in [1.807, 2.05) is 18.7 Å². The number of alkyl halides is 3. The third kappa shape index (κ3) is 6.90. The molecule has 2 aromatic heterocycles. The molecule has 4 aromatic rings. The van der Waals surface area contributed by atoms with E-state index >= 15 is 0 Å². The van der Waals surface area contributed by atoms with Crippen LogP contribution >= 0.6 is 11.8 Å². The van der Waals surface area contributed by atoms with Crippen molar-refractivity contribution in [3.8, 4) is 11.4 Å². The zero-order valence-electron chi connectivity index (χ0n) is 24.3. The van der Waals surface area contributed by atoms with Crippen LogP contribution in [0.4, 0.5) is 17.6 Å². The Morgan fingerprint density at radius 1 is 1.14 bits per heavy atom. The first-order valence-electron chi connectivity index (χ1n) is 14.4. The lowest BCUT2D eigenvalue weighted by Gasteiger charge is -2.34. The maximum absolute atomic E-state index is 14.0. The van der Waals surface area contributed by atoms with E-state index in [9.17, 15) is 27.2 Å². The van der Waals surface area contributed by atoms with Gasteiger partial charge in [-0.3, -0.25) is 14.2 Å². The molecular weight excluding hydrogens is 596 g/mol. The quantitative estimate of drug-likeness (QED) is 0.194. The lowest BCUT2D eigenvalue weighted by atomic mass is 10.00. The Morgan fingerprint density at radius 2 is 1.86 bits per heavy atom. The minimum absolute atomic E-state index is 0.0390. The third-order valence-corrected chi connectivity index (χ3v) is 8.77. The number of carbonyl (C=O) groups excluding carboxylic acids is 1. The van der Waals surface area contributed by atoms with Crippen molar-refractivity contribution in [2.45, 2.75) is 45.3 Å². The number of hydrogen-bond donors (Lipinski definition) is 0. The number of thioether (sulfide) groups is 1. The molecule has 1 aliphatic rings. The van der Waals surface area contributed by atoms with Gasteiger partial charge < -0.3 is 9.64 Å². The predicted octanol–water partition coefficient (Wildman–Crippen LogP) is 6.61. The second-order valence-corrected chi connectivity index (χ2v) is 11.9. The van der Waals surface area contributed by atoms with Crippen molar-refractivity contribution >= 4 is 28.7 Å². The van der Waals surface area contributed by atoms with Gasteiger partial charge in [0.15, 0.2) is 5.65 Å². The Hall–Kier alpha value is -3.93. The zero-order valence-corrected chi connectivity index (χ0v) is 25.1. The molecule has 1 fully saturated rings. The number of aromatic nitrogens is 3. The summed E-state index contributed by atoms with van der Waals surface area (Å²) in [5, 5.41) is 0.297. The monoisotopic (exact) mass is 628 g/mol. The van der Waals surface area contributed by atoms with Gasteiger partial charge in [0.2, 0.25) is 5.91 Å². The highest BCUT2D eigenvalue weighted by atomic mass is 32.2. The van der Waals surface area contributed by atoms with Crippen LogP contribution in [-0.2, 0) is 17.4 Å². The van der Waals surface area contributed by atoms with Gasteiger partial charge in [0.1, 0.15) is 17.4 Å². The summed E-state index contributed by atoms with van der Waals surface area (Å²) in [7, 11) is 0. The first-order valence-corrected chi connectivity index (χ1v) is 15.6. The van der Waals surface area contributed by atoms with Crippen LogP contribution in [0.2, 0.25) is 0 Å². The smallest absolute Gasteiger partial charge is 0.419 e. The van der Waals surface area contributed by atoms with E-state index in [0.29, 0.717) is 36.0 Å². The molecule has 0 saturated carbocycles. The van der Waals surface area contributed by atoms with Gasteiger partial charge in [-0.2, -0.15) is 24.9 Å². The number of nitrogens with zero attached hydrogens (tertiary/aromatic N) is 4. The third-order valence-electron chi connectivity index (χ3n) is 7.72. The van der Waals surface area contributed by atoms with Crippen molar-refractivity contribution in [2.24, 2.45) is 5.92 Å². The number of ether oxygens (including phenoxy) is 1. The van der Waals surface area contributed by atoms with E-state index in [-0.39, 0.29) is 34.9 Å². The van der Waals surface area contributed by atoms with Gasteiger partial charge in [-0.05, 0) is 98.2 Å². The van der Waals surface area contributed by atoms with Gasteiger partial charge in [-0.1, -0.05) is 6.07 Å². The second-order valence-electron chi connectivity index (χ2n) is 10.7. The number of fused-ring (bicyclic) bond motifs is 1. The summed E-state index contributed by atoms with van der Waals surface area (Å²) in [5.74, 6) is 1.06. The average molecular weight is 629 g/mol. The van der Waals surface area contributed by atoms with E-state index < -0.39 is 29.5 Å². The summed E-state index contributed by atoms with van der Waals surface area (Å²) >= 11 is 1.83. The van der Waals surface area contributed by atoms with Gasteiger partial charge in [0.05, 0.1) is 35.7 Å². The topological polar surface area (TPSA) is 77.3 Å². The number of halogens is 4. The fourth-order valence-corrected chi connectivity index (χ4v) is 6.63. The fraction of sp³-hybridized carbons (Fsp3) is 0.375. The Morgan fingerprint density at radius 3 is 2.55 bits per heavy atom. The molecule has 3 heterocycles. The van der Waals surface area contributed by atoms with E-state index in [1.165, 1.54) is 16.8 Å². The maximum Gasteiger partial charge on any atom is 0.419 e. The molecule has 0 bridgehead atoms.